The molecule has 3 rings (SSSR count). The van der Waals surface area contributed by atoms with E-state index < -0.39 is 0 Å². The summed E-state index contributed by atoms with van der Waals surface area (Å²) in [6.07, 6.45) is 7.52. The average molecular weight is 524 g/mol. The highest BCUT2D eigenvalue weighted by Gasteiger charge is 2.11. The van der Waals surface area contributed by atoms with E-state index in [-0.39, 0.29) is 18.4 Å². The minimum atomic E-state index is -0.315. The Morgan fingerprint density at radius 3 is 2.62 bits per heavy atom. The molecule has 2 N–H and O–H groups in total. The topological polar surface area (TPSA) is 85.2 Å². The number of hydrogen-bond acceptors (Lipinski definition) is 5. The van der Waals surface area contributed by atoms with Crippen molar-refractivity contribution in [1.82, 2.24) is 14.8 Å². The monoisotopic (exact) mass is 523 g/mol. The molecule has 2 atom stereocenters. The lowest BCUT2D eigenvalue weighted by Gasteiger charge is -2.12. The molecule has 9 heteroatoms. The molecule has 1 aromatic carbocycles. The van der Waals surface area contributed by atoms with E-state index in [0.717, 1.165) is 35.8 Å². The molecule has 2 heterocycles. The molecule has 0 fully saturated rings. The van der Waals surface area contributed by atoms with E-state index in [2.05, 4.69) is 43.3 Å². The average Bonchev–Trinajstić information content (AvgIpc) is 3.57. The number of rotatable bonds is 12. The van der Waals surface area contributed by atoms with Crippen molar-refractivity contribution >= 4 is 35.7 Å². The van der Waals surface area contributed by atoms with Crippen LogP contribution in [0.1, 0.15) is 62.9 Å². The lowest BCUT2D eigenvalue weighted by atomic mass is 10.0. The van der Waals surface area contributed by atoms with Gasteiger partial charge in [0.15, 0.2) is 5.13 Å². The number of aryl methyl sites for hydroxylation is 1. The Balaban J connectivity index is 0.000000371. The first-order chi connectivity index (χ1) is 17.7. The number of carbonyl (C=O) groups is 2. The summed E-state index contributed by atoms with van der Waals surface area (Å²) < 4.78 is 7.34. The second-order valence-electron chi connectivity index (χ2n) is 9.14. The molecule has 0 bridgehead atoms. The van der Waals surface area contributed by atoms with Gasteiger partial charge in [0.2, 0.25) is 13.3 Å². The van der Waals surface area contributed by atoms with Crippen LogP contribution in [0.5, 0.6) is 0 Å². The molecule has 3 aromatic rings. The quantitative estimate of drug-likeness (QED) is 0.284. The smallest absolute Gasteiger partial charge is 0.253 e. The zero-order chi connectivity index (χ0) is 27.2. The molecular formula is C28H40BN4O3S. The van der Waals surface area contributed by atoms with E-state index in [1.807, 2.05) is 50.8 Å². The van der Waals surface area contributed by atoms with Crippen molar-refractivity contribution in [1.29, 1.82) is 0 Å². The first kappa shape index (κ1) is 30.3. The Morgan fingerprint density at radius 1 is 1.19 bits per heavy atom. The number of aromatic nitrogens is 2. The van der Waals surface area contributed by atoms with E-state index in [0.29, 0.717) is 16.8 Å². The van der Waals surface area contributed by atoms with Gasteiger partial charge in [-0.1, -0.05) is 57.8 Å². The summed E-state index contributed by atoms with van der Waals surface area (Å²) in [6, 6.07) is 9.71. The molecular weight excluding hydrogens is 483 g/mol. The fourth-order valence-corrected chi connectivity index (χ4v) is 3.93. The standard InChI is InChI=1S/C18H18BN4O2S.C10H22O/c1-12-4-3-5-13(8-12)15-11-26-18(21-15)22-16(24)9-20-17(25)14-6-7-23(10-14)19-2;1-5-9(3)7-8-11-10(4)6-2/h3-8,10-11H,9H2,1-2H3,(H,20,25)(H,21,22,24);9-10H,5-8H2,1-4H3. The number of ether oxygens (including phenoxy) is 1. The number of amides is 2. The van der Waals surface area contributed by atoms with E-state index in [1.54, 1.807) is 22.9 Å². The lowest BCUT2D eigenvalue weighted by Crippen LogP contribution is -2.32. The third kappa shape index (κ3) is 10.9. The van der Waals surface area contributed by atoms with Crippen molar-refractivity contribution in [3.05, 3.63) is 59.2 Å². The number of nitrogens with zero attached hydrogens (tertiary/aromatic N) is 2. The largest absolute Gasteiger partial charge is 0.402 e. The molecule has 1 radical (unpaired) electrons. The van der Waals surface area contributed by atoms with Crippen LogP contribution in [0.4, 0.5) is 5.13 Å². The number of hydrogen-bond donors (Lipinski definition) is 2. The Labute approximate surface area is 226 Å². The number of anilines is 1. The number of nitrogens with one attached hydrogen (secondary N) is 2. The van der Waals surface area contributed by atoms with Crippen LogP contribution in [0.25, 0.3) is 11.3 Å². The summed E-state index contributed by atoms with van der Waals surface area (Å²) >= 11 is 1.35. The van der Waals surface area contributed by atoms with Crippen LogP contribution in [0.15, 0.2) is 48.1 Å². The predicted octanol–water partition coefficient (Wildman–Crippen LogP) is 6.04. The molecule has 7 nitrogen and oxygen atoms in total. The highest BCUT2D eigenvalue weighted by Crippen LogP contribution is 2.25. The predicted molar refractivity (Wildman–Crippen MR) is 154 cm³/mol. The Hall–Kier alpha value is -2.91. The molecule has 0 spiro atoms. The fraction of sp³-hybridized carbons (Fsp3) is 0.464. The van der Waals surface area contributed by atoms with Gasteiger partial charge >= 0.3 is 0 Å². The zero-order valence-electron chi connectivity index (χ0n) is 22.9. The number of benzene rings is 1. The first-order valence-electron chi connectivity index (χ1n) is 12.9. The van der Waals surface area contributed by atoms with Gasteiger partial charge in [-0.15, -0.1) is 11.3 Å². The van der Waals surface area contributed by atoms with Gasteiger partial charge in [0, 0.05) is 23.7 Å². The van der Waals surface area contributed by atoms with Gasteiger partial charge in [-0.3, -0.25) is 9.59 Å². The van der Waals surface area contributed by atoms with Crippen molar-refractivity contribution in [2.24, 2.45) is 5.92 Å². The SMILES string of the molecule is CCC(C)CCOC(C)CC.C[B]n1ccc(C(=O)NCC(=O)Nc2nc(-c3cccc(C)c3)cs2)c1. The summed E-state index contributed by atoms with van der Waals surface area (Å²) in [5.41, 5.74) is 3.48. The van der Waals surface area contributed by atoms with Crippen molar-refractivity contribution in [2.75, 3.05) is 18.5 Å². The van der Waals surface area contributed by atoms with Gasteiger partial charge < -0.3 is 19.8 Å². The van der Waals surface area contributed by atoms with Crippen LogP contribution in [0, 0.1) is 12.8 Å². The second-order valence-corrected chi connectivity index (χ2v) is 9.99. The molecule has 0 saturated heterocycles. The number of carbonyl (C=O) groups excluding carboxylic acids is 2. The summed E-state index contributed by atoms with van der Waals surface area (Å²) in [5, 5.41) is 7.72. The van der Waals surface area contributed by atoms with E-state index in [4.69, 9.17) is 4.74 Å². The number of thiazole rings is 1. The summed E-state index contributed by atoms with van der Waals surface area (Å²) in [7, 11) is 1.83. The second kappa shape index (κ2) is 16.0. The summed E-state index contributed by atoms with van der Waals surface area (Å²) in [6.45, 7) is 13.5. The Bertz CT molecular complexity index is 1100. The minimum absolute atomic E-state index is 0.112. The summed E-state index contributed by atoms with van der Waals surface area (Å²) in [5.74, 6) is 0.212. The van der Waals surface area contributed by atoms with E-state index >= 15 is 0 Å². The zero-order valence-corrected chi connectivity index (χ0v) is 23.7. The van der Waals surface area contributed by atoms with Crippen molar-refractivity contribution in [2.45, 2.75) is 66.8 Å². The van der Waals surface area contributed by atoms with Crippen LogP contribution in [-0.2, 0) is 9.53 Å². The van der Waals surface area contributed by atoms with Crippen LogP contribution >= 0.6 is 11.3 Å². The normalized spacial score (nSPS) is 12.2. The van der Waals surface area contributed by atoms with Gasteiger partial charge in [-0.25, -0.2) is 4.98 Å². The van der Waals surface area contributed by atoms with Gasteiger partial charge in [-0.05, 0) is 50.9 Å². The highest BCUT2D eigenvalue weighted by molar-refractivity contribution is 7.14. The highest BCUT2D eigenvalue weighted by atomic mass is 32.1. The molecule has 2 aromatic heterocycles. The summed E-state index contributed by atoms with van der Waals surface area (Å²) in [4.78, 5) is 28.5. The van der Waals surface area contributed by atoms with Crippen LogP contribution in [-0.4, -0.2) is 47.9 Å². The Kier molecular flexibility index (Phi) is 13.1. The van der Waals surface area contributed by atoms with Crippen molar-refractivity contribution < 1.29 is 14.3 Å². The first-order valence-corrected chi connectivity index (χ1v) is 13.8. The van der Waals surface area contributed by atoms with Gasteiger partial charge in [0.05, 0.1) is 23.9 Å². The minimum Gasteiger partial charge on any atom is -0.402 e. The molecule has 0 aliphatic heterocycles. The van der Waals surface area contributed by atoms with E-state index in [9.17, 15) is 9.59 Å². The third-order valence-corrected chi connectivity index (χ3v) is 6.79. The van der Waals surface area contributed by atoms with Crippen LogP contribution in [0.2, 0.25) is 6.82 Å². The molecule has 199 valence electrons. The van der Waals surface area contributed by atoms with Gasteiger partial charge in [0.1, 0.15) is 0 Å². The molecule has 0 aliphatic rings. The van der Waals surface area contributed by atoms with Gasteiger partial charge in [0.25, 0.3) is 5.91 Å². The third-order valence-electron chi connectivity index (χ3n) is 6.03. The maximum Gasteiger partial charge on any atom is 0.253 e. The van der Waals surface area contributed by atoms with E-state index in [1.165, 1.54) is 24.2 Å². The molecule has 0 saturated carbocycles. The van der Waals surface area contributed by atoms with Crippen LogP contribution < -0.4 is 10.6 Å². The van der Waals surface area contributed by atoms with Crippen LogP contribution in [0.3, 0.4) is 0 Å². The van der Waals surface area contributed by atoms with Crippen molar-refractivity contribution in [3.8, 4) is 11.3 Å². The molecule has 0 aliphatic carbocycles. The molecule has 37 heavy (non-hydrogen) atoms. The van der Waals surface area contributed by atoms with Gasteiger partial charge in [-0.2, -0.15) is 0 Å². The van der Waals surface area contributed by atoms with Crippen molar-refractivity contribution in [3.63, 3.8) is 0 Å². The molecule has 2 unspecified atom stereocenters. The fourth-order valence-electron chi connectivity index (χ4n) is 3.19. The lowest BCUT2D eigenvalue weighted by molar-refractivity contribution is -0.115. The maximum atomic E-state index is 12.0. The molecule has 2 amide bonds. The maximum absolute atomic E-state index is 12.0. The Morgan fingerprint density at radius 2 is 1.97 bits per heavy atom.